The van der Waals surface area contributed by atoms with E-state index in [0.717, 1.165) is 19.3 Å². The summed E-state index contributed by atoms with van der Waals surface area (Å²) in [6, 6.07) is 0.0917. The van der Waals surface area contributed by atoms with Crippen molar-refractivity contribution in [3.63, 3.8) is 0 Å². The van der Waals surface area contributed by atoms with Gasteiger partial charge < -0.3 is 10.2 Å². The minimum absolute atomic E-state index is 0.0216. The van der Waals surface area contributed by atoms with Gasteiger partial charge in [0.15, 0.2) is 0 Å². The van der Waals surface area contributed by atoms with Gasteiger partial charge in [-0.05, 0) is 38.0 Å². The van der Waals surface area contributed by atoms with Crippen molar-refractivity contribution in [3.8, 4) is 0 Å². The number of piperidine rings is 1. The lowest BCUT2D eigenvalue weighted by atomic mass is 9.99. The zero-order chi connectivity index (χ0) is 14.6. The Morgan fingerprint density at radius 2 is 2.00 bits per heavy atom. The molecule has 2 amide bonds. The summed E-state index contributed by atoms with van der Waals surface area (Å²) in [6.45, 7) is 1.20. The Morgan fingerprint density at radius 3 is 2.55 bits per heavy atom. The van der Waals surface area contributed by atoms with Crippen molar-refractivity contribution in [2.75, 3.05) is 18.8 Å². The summed E-state index contributed by atoms with van der Waals surface area (Å²) in [6.07, 6.45) is 8.74. The van der Waals surface area contributed by atoms with Crippen molar-refractivity contribution in [1.82, 2.24) is 10.2 Å². The van der Waals surface area contributed by atoms with Gasteiger partial charge in [-0.1, -0.05) is 12.2 Å². The molecular formula is C13H23N3O3S. The van der Waals surface area contributed by atoms with E-state index >= 15 is 0 Å². The van der Waals surface area contributed by atoms with Gasteiger partial charge in [-0.2, -0.15) is 0 Å². The van der Waals surface area contributed by atoms with Gasteiger partial charge in [0.05, 0.1) is 5.75 Å². The van der Waals surface area contributed by atoms with Crippen LogP contribution in [0.1, 0.15) is 32.1 Å². The van der Waals surface area contributed by atoms with Crippen LogP contribution in [0, 0.1) is 5.92 Å². The van der Waals surface area contributed by atoms with Crippen molar-refractivity contribution < 1.29 is 13.2 Å². The topological polar surface area (TPSA) is 92.5 Å². The molecule has 1 aliphatic carbocycles. The molecule has 0 aromatic heterocycles. The fraction of sp³-hybridized carbons (Fsp3) is 0.769. The van der Waals surface area contributed by atoms with Gasteiger partial charge in [-0.25, -0.2) is 18.4 Å². The molecule has 7 heteroatoms. The van der Waals surface area contributed by atoms with Crippen LogP contribution in [0.15, 0.2) is 12.2 Å². The molecular weight excluding hydrogens is 278 g/mol. The maximum absolute atomic E-state index is 12.1. The van der Waals surface area contributed by atoms with Crippen LogP contribution in [0.4, 0.5) is 4.79 Å². The molecule has 1 fully saturated rings. The van der Waals surface area contributed by atoms with Gasteiger partial charge in [0, 0.05) is 19.1 Å². The predicted molar refractivity (Wildman–Crippen MR) is 77.6 cm³/mol. The second-order valence-corrected chi connectivity index (χ2v) is 7.33. The van der Waals surface area contributed by atoms with Gasteiger partial charge in [0.25, 0.3) is 0 Å². The number of urea groups is 1. The molecule has 0 spiro atoms. The van der Waals surface area contributed by atoms with Crippen molar-refractivity contribution in [3.05, 3.63) is 12.2 Å². The molecule has 1 aliphatic heterocycles. The summed E-state index contributed by atoms with van der Waals surface area (Å²) in [4.78, 5) is 13.9. The number of nitrogens with one attached hydrogen (secondary N) is 1. The maximum atomic E-state index is 12.1. The third-order valence-corrected chi connectivity index (χ3v) is 4.87. The molecule has 2 rings (SSSR count). The number of hydrogen-bond acceptors (Lipinski definition) is 3. The Bertz CT molecular complexity index is 467. The summed E-state index contributed by atoms with van der Waals surface area (Å²) in [5.74, 6) is 0.0945. The zero-order valence-corrected chi connectivity index (χ0v) is 12.4. The van der Waals surface area contributed by atoms with Gasteiger partial charge >= 0.3 is 6.03 Å². The first kappa shape index (κ1) is 15.3. The van der Waals surface area contributed by atoms with E-state index in [0.29, 0.717) is 25.9 Å². The minimum atomic E-state index is -3.41. The van der Waals surface area contributed by atoms with E-state index in [4.69, 9.17) is 5.14 Å². The lowest BCUT2D eigenvalue weighted by molar-refractivity contribution is 0.172. The summed E-state index contributed by atoms with van der Waals surface area (Å²) in [7, 11) is -3.41. The van der Waals surface area contributed by atoms with Crippen LogP contribution in [0.3, 0.4) is 0 Å². The van der Waals surface area contributed by atoms with Gasteiger partial charge in [-0.15, -0.1) is 0 Å². The minimum Gasteiger partial charge on any atom is -0.332 e. The molecule has 0 saturated carbocycles. The fourth-order valence-corrected chi connectivity index (χ4v) is 3.80. The van der Waals surface area contributed by atoms with E-state index < -0.39 is 10.0 Å². The number of nitrogens with two attached hydrogens (primary N) is 1. The summed E-state index contributed by atoms with van der Waals surface area (Å²) < 4.78 is 22.1. The molecule has 0 aromatic carbocycles. The lowest BCUT2D eigenvalue weighted by Crippen LogP contribution is -2.48. The van der Waals surface area contributed by atoms with Crippen LogP contribution in [-0.4, -0.2) is 44.2 Å². The number of allylic oxidation sites excluding steroid dienone is 1. The molecule has 0 aromatic rings. The van der Waals surface area contributed by atoms with E-state index in [9.17, 15) is 13.2 Å². The number of likely N-dealkylation sites (tertiary alicyclic amines) is 1. The van der Waals surface area contributed by atoms with Crippen LogP contribution in [0.5, 0.6) is 0 Å². The molecule has 6 nitrogen and oxygen atoms in total. The number of primary sulfonamides is 1. The number of sulfonamides is 1. The molecule has 20 heavy (non-hydrogen) atoms. The zero-order valence-electron chi connectivity index (χ0n) is 11.6. The second-order valence-electron chi connectivity index (χ2n) is 5.67. The fourth-order valence-electron chi connectivity index (χ4n) is 2.81. The number of carbonyl (C=O) groups excluding carboxylic acids is 1. The van der Waals surface area contributed by atoms with Crippen LogP contribution in [0.25, 0.3) is 0 Å². The highest BCUT2D eigenvalue weighted by Gasteiger charge is 2.26. The molecule has 1 atom stereocenters. The molecule has 0 unspecified atom stereocenters. The predicted octanol–water partition coefficient (Wildman–Crippen LogP) is 0.805. The average molecular weight is 301 g/mol. The molecule has 3 N–H and O–H groups in total. The van der Waals surface area contributed by atoms with Gasteiger partial charge in [-0.3, -0.25) is 0 Å². The first-order valence-electron chi connectivity index (χ1n) is 7.16. The van der Waals surface area contributed by atoms with Crippen LogP contribution in [0.2, 0.25) is 0 Å². The SMILES string of the molecule is NS(=O)(=O)CC1CCN(C(=O)N[C@H]2C=CCCC2)CC1. The number of rotatable bonds is 3. The monoisotopic (exact) mass is 301 g/mol. The quantitative estimate of drug-likeness (QED) is 0.755. The summed E-state index contributed by atoms with van der Waals surface area (Å²) in [5.41, 5.74) is 0. The first-order valence-corrected chi connectivity index (χ1v) is 8.88. The lowest BCUT2D eigenvalue weighted by Gasteiger charge is -2.32. The largest absolute Gasteiger partial charge is 0.332 e. The average Bonchev–Trinajstić information content (AvgIpc) is 2.39. The Labute approximate surface area is 120 Å². The van der Waals surface area contributed by atoms with Crippen molar-refractivity contribution in [1.29, 1.82) is 0 Å². The van der Waals surface area contributed by atoms with Crippen LogP contribution < -0.4 is 10.5 Å². The molecule has 0 bridgehead atoms. The highest BCUT2D eigenvalue weighted by molar-refractivity contribution is 7.89. The van der Waals surface area contributed by atoms with Crippen LogP contribution in [-0.2, 0) is 10.0 Å². The highest BCUT2D eigenvalue weighted by Crippen LogP contribution is 2.19. The van der Waals surface area contributed by atoms with E-state index in [2.05, 4.69) is 17.5 Å². The smallest absolute Gasteiger partial charge is 0.317 e. The molecule has 114 valence electrons. The molecule has 0 radical (unpaired) electrons. The third kappa shape index (κ3) is 4.79. The van der Waals surface area contributed by atoms with Crippen LogP contribution >= 0.6 is 0 Å². The maximum Gasteiger partial charge on any atom is 0.317 e. The van der Waals surface area contributed by atoms with E-state index in [-0.39, 0.29) is 23.7 Å². The van der Waals surface area contributed by atoms with Crippen molar-refractivity contribution in [2.45, 2.75) is 38.1 Å². The number of amides is 2. The standard InChI is InChI=1S/C13H23N3O3S/c14-20(18,19)10-11-6-8-16(9-7-11)13(17)15-12-4-2-1-3-5-12/h2,4,11-12H,1,3,5-10H2,(H,15,17)(H2,14,18,19)/t12-/m0/s1. The molecule has 1 heterocycles. The van der Waals surface area contributed by atoms with Crippen molar-refractivity contribution >= 4 is 16.1 Å². The van der Waals surface area contributed by atoms with E-state index in [1.54, 1.807) is 4.90 Å². The summed E-state index contributed by atoms with van der Waals surface area (Å²) >= 11 is 0. The number of hydrogen-bond donors (Lipinski definition) is 2. The molecule has 2 aliphatic rings. The number of nitrogens with zero attached hydrogens (tertiary/aromatic N) is 1. The van der Waals surface area contributed by atoms with Gasteiger partial charge in [0.1, 0.15) is 0 Å². The Balaban J connectivity index is 1.76. The Morgan fingerprint density at radius 1 is 1.30 bits per heavy atom. The summed E-state index contributed by atoms with van der Waals surface area (Å²) in [5, 5.41) is 8.07. The second kappa shape index (κ2) is 6.58. The van der Waals surface area contributed by atoms with E-state index in [1.807, 2.05) is 0 Å². The first-order chi connectivity index (χ1) is 9.44. The van der Waals surface area contributed by atoms with Crippen molar-refractivity contribution in [2.24, 2.45) is 11.1 Å². The normalized spacial score (nSPS) is 24.6. The number of carbonyl (C=O) groups is 1. The van der Waals surface area contributed by atoms with Gasteiger partial charge in [0.2, 0.25) is 10.0 Å². The molecule has 1 saturated heterocycles. The Hall–Kier alpha value is -1.08. The highest BCUT2D eigenvalue weighted by atomic mass is 32.2. The van der Waals surface area contributed by atoms with E-state index in [1.165, 1.54) is 0 Å². The Kier molecular flexibility index (Phi) is 5.04. The third-order valence-electron chi connectivity index (χ3n) is 3.93.